The zero-order chi connectivity index (χ0) is 24.7. The van der Waals surface area contributed by atoms with Gasteiger partial charge in [-0.25, -0.2) is 9.78 Å². The van der Waals surface area contributed by atoms with Crippen LogP contribution in [-0.4, -0.2) is 46.3 Å². The molecule has 0 unspecified atom stereocenters. The minimum absolute atomic E-state index is 0.257. The van der Waals surface area contributed by atoms with Crippen molar-refractivity contribution in [1.29, 1.82) is 0 Å². The summed E-state index contributed by atoms with van der Waals surface area (Å²) in [6, 6.07) is 4.79. The SMILES string of the molecule is CC1CCN(c2nc3c(s2)c(=O)n(C(C)C)c(=O)n3CC(=O)Nc2ccc3c(c2)OCCO3)CC1. The monoisotopic (exact) mass is 499 g/mol. The molecule has 1 aromatic carbocycles. The molecular formula is C24H29N5O5S. The normalized spacial score (nSPS) is 16.2. The van der Waals surface area contributed by atoms with Crippen molar-refractivity contribution in [3.8, 4) is 11.5 Å². The fourth-order valence-corrected chi connectivity index (χ4v) is 5.50. The van der Waals surface area contributed by atoms with Gasteiger partial charge in [0.2, 0.25) is 5.91 Å². The van der Waals surface area contributed by atoms with Gasteiger partial charge in [0, 0.05) is 30.9 Å². The maximum atomic E-state index is 13.3. The summed E-state index contributed by atoms with van der Waals surface area (Å²) in [4.78, 5) is 46.3. The largest absolute Gasteiger partial charge is 0.486 e. The van der Waals surface area contributed by atoms with Gasteiger partial charge < -0.3 is 19.7 Å². The van der Waals surface area contributed by atoms with Crippen LogP contribution in [0, 0.1) is 5.92 Å². The molecule has 4 heterocycles. The average molecular weight is 500 g/mol. The number of carbonyl (C=O) groups excluding carboxylic acids is 1. The van der Waals surface area contributed by atoms with Crippen LogP contribution in [0.25, 0.3) is 10.3 Å². The number of fused-ring (bicyclic) bond motifs is 2. The number of piperidine rings is 1. The Labute approximate surface area is 206 Å². The molecule has 35 heavy (non-hydrogen) atoms. The number of thiazole rings is 1. The maximum absolute atomic E-state index is 13.3. The van der Waals surface area contributed by atoms with Crippen molar-refractivity contribution < 1.29 is 14.3 Å². The molecule has 10 nitrogen and oxygen atoms in total. The number of benzene rings is 1. The van der Waals surface area contributed by atoms with Crippen LogP contribution in [0.3, 0.4) is 0 Å². The van der Waals surface area contributed by atoms with E-state index in [0.717, 1.165) is 25.9 Å². The molecule has 2 aliphatic heterocycles. The number of nitrogens with one attached hydrogen (secondary N) is 1. The predicted octanol–water partition coefficient (Wildman–Crippen LogP) is 2.85. The van der Waals surface area contributed by atoms with E-state index in [4.69, 9.17) is 9.47 Å². The molecule has 2 aromatic heterocycles. The Morgan fingerprint density at radius 2 is 1.89 bits per heavy atom. The van der Waals surface area contributed by atoms with Crippen LogP contribution in [-0.2, 0) is 11.3 Å². The first-order chi connectivity index (χ1) is 16.8. The van der Waals surface area contributed by atoms with Gasteiger partial charge in [-0.05, 0) is 44.7 Å². The summed E-state index contributed by atoms with van der Waals surface area (Å²) < 4.78 is 14.0. The lowest BCUT2D eigenvalue weighted by atomic mass is 10.00. The summed E-state index contributed by atoms with van der Waals surface area (Å²) in [5, 5.41) is 3.53. The Kier molecular flexibility index (Phi) is 6.26. The van der Waals surface area contributed by atoms with E-state index in [0.29, 0.717) is 46.1 Å². The molecule has 1 fully saturated rings. The Bertz CT molecular complexity index is 1380. The van der Waals surface area contributed by atoms with Crippen molar-refractivity contribution >= 4 is 38.4 Å². The maximum Gasteiger partial charge on any atom is 0.333 e. The Hall–Kier alpha value is -3.34. The molecule has 0 aliphatic carbocycles. The van der Waals surface area contributed by atoms with Gasteiger partial charge in [-0.2, -0.15) is 0 Å². The van der Waals surface area contributed by atoms with E-state index in [1.165, 1.54) is 20.5 Å². The molecule has 186 valence electrons. The zero-order valence-electron chi connectivity index (χ0n) is 20.1. The van der Waals surface area contributed by atoms with Crippen LogP contribution < -0.4 is 30.9 Å². The molecule has 3 aromatic rings. The van der Waals surface area contributed by atoms with Crippen molar-refractivity contribution in [3.63, 3.8) is 0 Å². The number of anilines is 2. The highest BCUT2D eigenvalue weighted by Crippen LogP contribution is 2.33. The number of ether oxygens (including phenoxy) is 2. The fourth-order valence-electron chi connectivity index (χ4n) is 4.44. The summed E-state index contributed by atoms with van der Waals surface area (Å²) in [5.41, 5.74) is -0.119. The topological polar surface area (TPSA) is 108 Å². The van der Waals surface area contributed by atoms with Crippen molar-refractivity contribution in [2.24, 2.45) is 5.92 Å². The molecule has 1 amide bonds. The van der Waals surface area contributed by atoms with Crippen LogP contribution in [0.5, 0.6) is 11.5 Å². The number of rotatable bonds is 5. The lowest BCUT2D eigenvalue weighted by Crippen LogP contribution is -2.42. The first-order valence-corrected chi connectivity index (χ1v) is 12.7. The molecule has 0 radical (unpaired) electrons. The van der Waals surface area contributed by atoms with E-state index >= 15 is 0 Å². The highest BCUT2D eigenvalue weighted by molar-refractivity contribution is 7.22. The molecule has 0 saturated carbocycles. The second kappa shape index (κ2) is 9.37. The number of amides is 1. The Morgan fingerprint density at radius 3 is 2.60 bits per heavy atom. The molecule has 2 aliphatic rings. The summed E-state index contributed by atoms with van der Waals surface area (Å²) in [7, 11) is 0. The minimum atomic E-state index is -0.543. The molecule has 0 spiro atoms. The zero-order valence-corrected chi connectivity index (χ0v) is 20.9. The van der Waals surface area contributed by atoms with Gasteiger partial charge in [0.25, 0.3) is 5.56 Å². The van der Waals surface area contributed by atoms with E-state index in [-0.39, 0.29) is 23.8 Å². The van der Waals surface area contributed by atoms with Crippen LogP contribution in [0.15, 0.2) is 27.8 Å². The number of nitrogens with zero attached hydrogens (tertiary/aromatic N) is 4. The van der Waals surface area contributed by atoms with Gasteiger partial charge in [-0.15, -0.1) is 0 Å². The Morgan fingerprint density at radius 1 is 1.17 bits per heavy atom. The van der Waals surface area contributed by atoms with E-state index in [2.05, 4.69) is 22.1 Å². The van der Waals surface area contributed by atoms with Gasteiger partial charge in [0.05, 0.1) is 0 Å². The smallest absolute Gasteiger partial charge is 0.333 e. The molecule has 0 bridgehead atoms. The van der Waals surface area contributed by atoms with E-state index in [9.17, 15) is 14.4 Å². The van der Waals surface area contributed by atoms with Gasteiger partial charge in [0.15, 0.2) is 22.3 Å². The van der Waals surface area contributed by atoms with E-state index < -0.39 is 11.6 Å². The molecule has 1 saturated heterocycles. The summed E-state index contributed by atoms with van der Waals surface area (Å²) >= 11 is 1.29. The van der Waals surface area contributed by atoms with E-state index in [1.807, 2.05) is 0 Å². The standard InChI is InChI=1S/C24H29N5O5S/c1-14(2)29-22(31)20-21(26-23(35-20)27-8-6-15(3)7-9-27)28(24(29)32)13-19(30)25-16-4-5-17-18(12-16)34-11-10-33-17/h4-5,12,14-15H,6-11,13H2,1-3H3,(H,25,30). The van der Waals surface area contributed by atoms with Crippen molar-refractivity contribution in [2.45, 2.75) is 46.2 Å². The minimum Gasteiger partial charge on any atom is -0.486 e. The van der Waals surface area contributed by atoms with Crippen molar-refractivity contribution in [2.75, 3.05) is 36.5 Å². The highest BCUT2D eigenvalue weighted by atomic mass is 32.1. The highest BCUT2D eigenvalue weighted by Gasteiger charge is 2.24. The molecule has 11 heteroatoms. The predicted molar refractivity (Wildman–Crippen MR) is 135 cm³/mol. The lowest BCUT2D eigenvalue weighted by Gasteiger charge is -2.29. The fraction of sp³-hybridized carbons (Fsp3) is 0.500. The van der Waals surface area contributed by atoms with E-state index in [1.54, 1.807) is 32.0 Å². The number of hydrogen-bond acceptors (Lipinski definition) is 8. The summed E-state index contributed by atoms with van der Waals surface area (Å²) in [6.45, 7) is 8.16. The second-order valence-electron chi connectivity index (χ2n) is 9.36. The van der Waals surface area contributed by atoms with Crippen LogP contribution in [0.1, 0.15) is 39.7 Å². The van der Waals surface area contributed by atoms with Crippen molar-refractivity contribution in [1.82, 2.24) is 14.1 Å². The van der Waals surface area contributed by atoms with Crippen LogP contribution >= 0.6 is 11.3 Å². The number of carbonyl (C=O) groups is 1. The first-order valence-electron chi connectivity index (χ1n) is 11.9. The number of aromatic nitrogens is 3. The Balaban J connectivity index is 1.48. The van der Waals surface area contributed by atoms with Crippen LogP contribution in [0.2, 0.25) is 0 Å². The third kappa shape index (κ3) is 4.52. The van der Waals surface area contributed by atoms with Gasteiger partial charge in [-0.3, -0.25) is 18.7 Å². The van der Waals surface area contributed by atoms with Gasteiger partial charge >= 0.3 is 5.69 Å². The molecule has 1 N–H and O–H groups in total. The van der Waals surface area contributed by atoms with Gasteiger partial charge in [-0.1, -0.05) is 18.3 Å². The first kappa shape index (κ1) is 23.4. The van der Waals surface area contributed by atoms with Gasteiger partial charge in [0.1, 0.15) is 24.5 Å². The second-order valence-corrected chi connectivity index (χ2v) is 10.3. The molecule has 5 rings (SSSR count). The summed E-state index contributed by atoms with van der Waals surface area (Å²) in [5.74, 6) is 1.43. The third-order valence-corrected chi connectivity index (χ3v) is 7.50. The molecular weight excluding hydrogens is 470 g/mol. The quantitative estimate of drug-likeness (QED) is 0.575. The molecule has 0 atom stereocenters. The van der Waals surface area contributed by atoms with Crippen molar-refractivity contribution in [3.05, 3.63) is 39.0 Å². The summed E-state index contributed by atoms with van der Waals surface area (Å²) in [6.07, 6.45) is 2.10. The number of hydrogen-bond donors (Lipinski definition) is 1. The average Bonchev–Trinajstić information content (AvgIpc) is 3.28. The third-order valence-electron chi connectivity index (χ3n) is 6.40. The van der Waals surface area contributed by atoms with Crippen LogP contribution in [0.4, 0.5) is 10.8 Å². The lowest BCUT2D eigenvalue weighted by molar-refractivity contribution is -0.116.